The zero-order valence-electron chi connectivity index (χ0n) is 12.6. The minimum atomic E-state index is -0.873. The SMILES string of the molecule is O=C(O)C1CCCN1C(=O)NC1CCCC2CCCCC21. The predicted octanol–water partition coefficient (Wildman–Crippen LogP) is 2.60. The lowest BCUT2D eigenvalue weighted by molar-refractivity contribution is -0.141. The van der Waals surface area contributed by atoms with E-state index >= 15 is 0 Å². The van der Waals surface area contributed by atoms with Crippen molar-refractivity contribution in [3.8, 4) is 0 Å². The van der Waals surface area contributed by atoms with E-state index < -0.39 is 12.0 Å². The molecule has 1 saturated heterocycles. The highest BCUT2D eigenvalue weighted by Crippen LogP contribution is 2.40. The number of nitrogens with zero attached hydrogens (tertiary/aromatic N) is 1. The summed E-state index contributed by atoms with van der Waals surface area (Å²) in [5.41, 5.74) is 0. The summed E-state index contributed by atoms with van der Waals surface area (Å²) in [5, 5.41) is 12.4. The van der Waals surface area contributed by atoms with Gasteiger partial charge in [-0.05, 0) is 37.5 Å². The maximum atomic E-state index is 12.5. The van der Waals surface area contributed by atoms with Gasteiger partial charge in [0, 0.05) is 12.6 Å². The van der Waals surface area contributed by atoms with Crippen molar-refractivity contribution in [1.29, 1.82) is 0 Å². The normalized spacial score (nSPS) is 36.1. The van der Waals surface area contributed by atoms with Crippen LogP contribution >= 0.6 is 0 Å². The molecule has 1 heterocycles. The molecule has 2 saturated carbocycles. The maximum absolute atomic E-state index is 12.5. The summed E-state index contributed by atoms with van der Waals surface area (Å²) in [7, 11) is 0. The molecule has 4 atom stereocenters. The predicted molar refractivity (Wildman–Crippen MR) is 79.0 cm³/mol. The van der Waals surface area contributed by atoms with Gasteiger partial charge in [-0.25, -0.2) is 9.59 Å². The Hall–Kier alpha value is -1.26. The number of urea groups is 1. The maximum Gasteiger partial charge on any atom is 0.326 e. The molecular weight excluding hydrogens is 268 g/mol. The summed E-state index contributed by atoms with van der Waals surface area (Å²) >= 11 is 0. The van der Waals surface area contributed by atoms with Crippen LogP contribution in [0.4, 0.5) is 4.79 Å². The van der Waals surface area contributed by atoms with Crippen LogP contribution in [-0.4, -0.2) is 40.6 Å². The van der Waals surface area contributed by atoms with Crippen molar-refractivity contribution in [2.75, 3.05) is 6.54 Å². The summed E-state index contributed by atoms with van der Waals surface area (Å²) in [4.78, 5) is 25.2. The van der Waals surface area contributed by atoms with E-state index in [1.807, 2.05) is 0 Å². The van der Waals surface area contributed by atoms with Crippen LogP contribution in [0.3, 0.4) is 0 Å². The van der Waals surface area contributed by atoms with E-state index in [1.165, 1.54) is 43.4 Å². The Kier molecular flexibility index (Phi) is 4.36. The molecule has 0 aromatic carbocycles. The van der Waals surface area contributed by atoms with Crippen molar-refractivity contribution in [3.63, 3.8) is 0 Å². The van der Waals surface area contributed by atoms with E-state index in [0.717, 1.165) is 18.8 Å². The van der Waals surface area contributed by atoms with E-state index in [-0.39, 0.29) is 12.1 Å². The number of fused-ring (bicyclic) bond motifs is 1. The van der Waals surface area contributed by atoms with E-state index in [4.69, 9.17) is 0 Å². The molecule has 3 rings (SSSR count). The van der Waals surface area contributed by atoms with Gasteiger partial charge < -0.3 is 15.3 Å². The summed E-state index contributed by atoms with van der Waals surface area (Å²) < 4.78 is 0. The minimum Gasteiger partial charge on any atom is -0.480 e. The molecule has 2 amide bonds. The second kappa shape index (κ2) is 6.24. The molecule has 4 unspecified atom stereocenters. The highest BCUT2D eigenvalue weighted by Gasteiger charge is 2.39. The molecule has 1 aliphatic heterocycles. The van der Waals surface area contributed by atoms with Gasteiger partial charge >= 0.3 is 12.0 Å². The molecule has 0 radical (unpaired) electrons. The van der Waals surface area contributed by atoms with Gasteiger partial charge in [0.15, 0.2) is 0 Å². The van der Waals surface area contributed by atoms with Crippen LogP contribution in [0.1, 0.15) is 57.8 Å². The molecule has 0 bridgehead atoms. The van der Waals surface area contributed by atoms with Gasteiger partial charge in [0.2, 0.25) is 0 Å². The zero-order valence-corrected chi connectivity index (χ0v) is 12.6. The van der Waals surface area contributed by atoms with Crippen molar-refractivity contribution in [3.05, 3.63) is 0 Å². The first-order chi connectivity index (χ1) is 10.2. The van der Waals surface area contributed by atoms with Crippen LogP contribution in [0.15, 0.2) is 0 Å². The number of carboxylic acids is 1. The van der Waals surface area contributed by atoms with Crippen LogP contribution in [0, 0.1) is 11.8 Å². The Bertz CT molecular complexity index is 410. The summed E-state index contributed by atoms with van der Waals surface area (Å²) in [5.74, 6) is 0.510. The summed E-state index contributed by atoms with van der Waals surface area (Å²) in [6.07, 6.45) is 10.0. The Balaban J connectivity index is 1.62. The number of amides is 2. The van der Waals surface area contributed by atoms with Crippen molar-refractivity contribution < 1.29 is 14.7 Å². The van der Waals surface area contributed by atoms with Crippen molar-refractivity contribution in [2.45, 2.75) is 69.9 Å². The molecule has 118 valence electrons. The fourth-order valence-electron chi connectivity index (χ4n) is 4.63. The Morgan fingerprint density at radius 2 is 1.71 bits per heavy atom. The van der Waals surface area contributed by atoms with E-state index in [0.29, 0.717) is 18.9 Å². The molecule has 0 spiro atoms. The third-order valence-corrected chi connectivity index (χ3v) is 5.68. The number of hydrogen-bond donors (Lipinski definition) is 2. The lowest BCUT2D eigenvalue weighted by atomic mass is 9.68. The van der Waals surface area contributed by atoms with Gasteiger partial charge in [-0.15, -0.1) is 0 Å². The molecule has 5 heteroatoms. The van der Waals surface area contributed by atoms with Crippen molar-refractivity contribution in [1.82, 2.24) is 10.2 Å². The van der Waals surface area contributed by atoms with Gasteiger partial charge in [-0.2, -0.15) is 0 Å². The smallest absolute Gasteiger partial charge is 0.326 e. The second-order valence-electron chi connectivity index (χ2n) is 6.88. The number of rotatable bonds is 2. The van der Waals surface area contributed by atoms with Crippen LogP contribution in [0.5, 0.6) is 0 Å². The number of carbonyl (C=O) groups is 2. The Morgan fingerprint density at radius 1 is 0.952 bits per heavy atom. The topological polar surface area (TPSA) is 69.6 Å². The third-order valence-electron chi connectivity index (χ3n) is 5.68. The number of aliphatic carboxylic acids is 1. The molecule has 5 nitrogen and oxygen atoms in total. The number of nitrogens with one attached hydrogen (secondary N) is 1. The molecule has 3 fully saturated rings. The quantitative estimate of drug-likeness (QED) is 0.822. The van der Waals surface area contributed by atoms with Crippen LogP contribution < -0.4 is 5.32 Å². The molecular formula is C16H26N2O3. The van der Waals surface area contributed by atoms with E-state index in [9.17, 15) is 14.7 Å². The molecule has 2 aliphatic carbocycles. The standard InChI is InChI=1S/C16H26N2O3/c19-15(20)14-9-4-10-18(14)16(21)17-13-8-3-6-11-5-1-2-7-12(11)13/h11-14H,1-10H2,(H,17,21)(H,19,20). The van der Waals surface area contributed by atoms with Gasteiger partial charge in [-0.1, -0.05) is 32.1 Å². The van der Waals surface area contributed by atoms with Gasteiger partial charge in [0.1, 0.15) is 6.04 Å². The highest BCUT2D eigenvalue weighted by molar-refractivity contribution is 5.83. The first-order valence-corrected chi connectivity index (χ1v) is 8.47. The van der Waals surface area contributed by atoms with Crippen molar-refractivity contribution >= 4 is 12.0 Å². The van der Waals surface area contributed by atoms with Crippen molar-refractivity contribution in [2.24, 2.45) is 11.8 Å². The van der Waals surface area contributed by atoms with Gasteiger partial charge in [-0.3, -0.25) is 0 Å². The fraction of sp³-hybridized carbons (Fsp3) is 0.875. The summed E-state index contributed by atoms with van der Waals surface area (Å²) in [6.45, 7) is 0.573. The van der Waals surface area contributed by atoms with Crippen LogP contribution in [0.2, 0.25) is 0 Å². The van der Waals surface area contributed by atoms with E-state index in [2.05, 4.69) is 5.32 Å². The zero-order chi connectivity index (χ0) is 14.8. The number of likely N-dealkylation sites (tertiary alicyclic amines) is 1. The number of carbonyl (C=O) groups excluding carboxylic acids is 1. The largest absolute Gasteiger partial charge is 0.480 e. The number of carboxylic acid groups (broad SMARTS) is 1. The van der Waals surface area contributed by atoms with Crippen LogP contribution in [-0.2, 0) is 4.79 Å². The first kappa shape index (κ1) is 14.7. The number of hydrogen-bond acceptors (Lipinski definition) is 2. The highest BCUT2D eigenvalue weighted by atomic mass is 16.4. The lowest BCUT2D eigenvalue weighted by Crippen LogP contribution is -2.53. The van der Waals surface area contributed by atoms with Gasteiger partial charge in [0.05, 0.1) is 0 Å². The Labute approximate surface area is 126 Å². The minimum absolute atomic E-state index is 0.156. The average Bonchev–Trinajstić information content (AvgIpc) is 2.97. The second-order valence-corrected chi connectivity index (χ2v) is 6.88. The monoisotopic (exact) mass is 294 g/mol. The molecule has 0 aromatic rings. The Morgan fingerprint density at radius 3 is 2.52 bits per heavy atom. The van der Waals surface area contributed by atoms with E-state index in [1.54, 1.807) is 0 Å². The molecule has 2 N–H and O–H groups in total. The van der Waals surface area contributed by atoms with Crippen LogP contribution in [0.25, 0.3) is 0 Å². The molecule has 21 heavy (non-hydrogen) atoms. The molecule has 3 aliphatic rings. The van der Waals surface area contributed by atoms with Gasteiger partial charge in [0.25, 0.3) is 0 Å². The third kappa shape index (κ3) is 3.01. The molecule has 0 aromatic heterocycles. The summed E-state index contributed by atoms with van der Waals surface area (Å²) in [6, 6.07) is -0.529. The fourth-order valence-corrected chi connectivity index (χ4v) is 4.63. The lowest BCUT2D eigenvalue weighted by Gasteiger charge is -2.42. The average molecular weight is 294 g/mol. The first-order valence-electron chi connectivity index (χ1n) is 8.47.